The molecule has 1 unspecified atom stereocenters. The van der Waals surface area contributed by atoms with E-state index in [-0.39, 0.29) is 6.04 Å². The summed E-state index contributed by atoms with van der Waals surface area (Å²) in [7, 11) is 0. The summed E-state index contributed by atoms with van der Waals surface area (Å²) in [6, 6.07) is 17.1. The first-order chi connectivity index (χ1) is 12.7. The van der Waals surface area contributed by atoms with E-state index < -0.39 is 0 Å². The molecule has 0 saturated carbocycles. The molecule has 130 valence electrons. The maximum atomic E-state index is 9.01. The van der Waals surface area contributed by atoms with Crippen molar-refractivity contribution in [2.24, 2.45) is 0 Å². The minimum Gasteiger partial charge on any atom is -0.347 e. The largest absolute Gasteiger partial charge is 0.347 e. The zero-order valence-corrected chi connectivity index (χ0v) is 16.5. The lowest BCUT2D eigenvalue weighted by molar-refractivity contribution is 0.174. The number of imidazole rings is 1. The molecule has 2 heterocycles. The van der Waals surface area contributed by atoms with Gasteiger partial charge in [0.25, 0.3) is 0 Å². The van der Waals surface area contributed by atoms with Crippen molar-refractivity contribution < 1.29 is 0 Å². The first-order valence-corrected chi connectivity index (χ1v) is 9.79. The van der Waals surface area contributed by atoms with Crippen LogP contribution in [-0.4, -0.2) is 21.4 Å². The van der Waals surface area contributed by atoms with E-state index >= 15 is 0 Å². The fraction of sp³-hybridized carbons (Fsp3) is 0.238. The van der Waals surface area contributed by atoms with Crippen LogP contribution in [0.2, 0.25) is 0 Å². The first kappa shape index (κ1) is 17.3. The molecule has 1 aromatic heterocycles. The maximum Gasteiger partial charge on any atom is 0.0991 e. The van der Waals surface area contributed by atoms with E-state index in [2.05, 4.69) is 73.9 Å². The van der Waals surface area contributed by atoms with Gasteiger partial charge < -0.3 is 4.98 Å². The predicted molar refractivity (Wildman–Crippen MR) is 109 cm³/mol. The Balaban J connectivity index is 1.61. The molecular weight excluding hydrogens is 435 g/mol. The molecule has 1 N–H and O–H groups in total. The fourth-order valence-corrected chi connectivity index (χ4v) is 4.19. The molecule has 0 bridgehead atoms. The highest BCUT2D eigenvalue weighted by atomic mass is 127. The molecular formula is C21H19IN4. The molecule has 0 spiro atoms. The zero-order chi connectivity index (χ0) is 17.9. The number of halogens is 1. The number of aromatic amines is 1. The van der Waals surface area contributed by atoms with E-state index in [1.165, 1.54) is 20.3 Å². The summed E-state index contributed by atoms with van der Waals surface area (Å²) < 4.78 is 1.29. The smallest absolute Gasteiger partial charge is 0.0991 e. The minimum atomic E-state index is 0.247. The van der Waals surface area contributed by atoms with Crippen LogP contribution in [0.5, 0.6) is 0 Å². The Morgan fingerprint density at radius 1 is 1.19 bits per heavy atom. The van der Waals surface area contributed by atoms with E-state index in [1.807, 2.05) is 18.3 Å². The normalized spacial score (nSPS) is 15.2. The average Bonchev–Trinajstić information content (AvgIpc) is 3.20. The third-order valence-corrected chi connectivity index (χ3v) is 5.71. The van der Waals surface area contributed by atoms with Crippen molar-refractivity contribution in [2.75, 3.05) is 6.54 Å². The second-order valence-electron chi connectivity index (χ2n) is 6.67. The van der Waals surface area contributed by atoms with Gasteiger partial charge in [-0.15, -0.1) is 0 Å². The number of nitrogens with one attached hydrogen (secondary N) is 1. The first-order valence-electron chi connectivity index (χ1n) is 8.71. The lowest BCUT2D eigenvalue weighted by Crippen LogP contribution is -2.35. The van der Waals surface area contributed by atoms with Crippen LogP contribution in [0, 0.1) is 14.9 Å². The summed E-state index contributed by atoms with van der Waals surface area (Å²) in [5, 5.41) is 9.01. The maximum absolute atomic E-state index is 9.01. The number of nitriles is 1. The Labute approximate surface area is 167 Å². The zero-order valence-electron chi connectivity index (χ0n) is 14.3. The number of hydrogen-bond acceptors (Lipinski definition) is 3. The fourth-order valence-electron chi connectivity index (χ4n) is 3.64. The van der Waals surface area contributed by atoms with Crippen LogP contribution in [0.1, 0.15) is 34.0 Å². The van der Waals surface area contributed by atoms with Crippen LogP contribution in [-0.2, 0) is 19.4 Å². The van der Waals surface area contributed by atoms with Crippen LogP contribution in [0.3, 0.4) is 0 Å². The molecule has 1 atom stereocenters. The molecule has 4 rings (SSSR count). The highest BCUT2D eigenvalue weighted by Gasteiger charge is 2.26. The van der Waals surface area contributed by atoms with Gasteiger partial charge in [-0.2, -0.15) is 5.26 Å². The summed E-state index contributed by atoms with van der Waals surface area (Å²) in [6.07, 6.45) is 5.65. The van der Waals surface area contributed by atoms with Crippen molar-refractivity contribution in [2.45, 2.75) is 25.4 Å². The summed E-state index contributed by atoms with van der Waals surface area (Å²) in [6.45, 7) is 1.99. The van der Waals surface area contributed by atoms with Gasteiger partial charge in [0.05, 0.1) is 29.7 Å². The Bertz CT molecular complexity index is 926. The van der Waals surface area contributed by atoms with Gasteiger partial charge in [-0.25, -0.2) is 4.98 Å². The van der Waals surface area contributed by atoms with Crippen molar-refractivity contribution in [3.8, 4) is 6.07 Å². The topological polar surface area (TPSA) is 55.7 Å². The van der Waals surface area contributed by atoms with Crippen LogP contribution in [0.25, 0.3) is 0 Å². The van der Waals surface area contributed by atoms with Gasteiger partial charge in [0.2, 0.25) is 0 Å². The van der Waals surface area contributed by atoms with Crippen LogP contribution in [0.4, 0.5) is 0 Å². The molecule has 5 heteroatoms. The van der Waals surface area contributed by atoms with Crippen molar-refractivity contribution in [3.05, 3.63) is 86.5 Å². The van der Waals surface area contributed by atoms with Crippen molar-refractivity contribution in [3.63, 3.8) is 0 Å². The van der Waals surface area contributed by atoms with Crippen molar-refractivity contribution in [1.82, 2.24) is 14.9 Å². The Morgan fingerprint density at radius 2 is 2.04 bits per heavy atom. The lowest BCUT2D eigenvalue weighted by Gasteiger charge is -2.35. The number of rotatable bonds is 4. The van der Waals surface area contributed by atoms with E-state index in [1.54, 1.807) is 6.33 Å². The predicted octanol–water partition coefficient (Wildman–Crippen LogP) is 4.23. The van der Waals surface area contributed by atoms with E-state index in [0.29, 0.717) is 5.56 Å². The second-order valence-corrected chi connectivity index (χ2v) is 7.91. The monoisotopic (exact) mass is 454 g/mol. The molecule has 0 fully saturated rings. The minimum absolute atomic E-state index is 0.247. The molecule has 26 heavy (non-hydrogen) atoms. The van der Waals surface area contributed by atoms with Gasteiger partial charge >= 0.3 is 0 Å². The van der Waals surface area contributed by atoms with Gasteiger partial charge in [-0.1, -0.05) is 18.2 Å². The summed E-state index contributed by atoms with van der Waals surface area (Å²) in [5.74, 6) is 0. The van der Waals surface area contributed by atoms with Crippen molar-refractivity contribution in [1.29, 1.82) is 5.26 Å². The van der Waals surface area contributed by atoms with Gasteiger partial charge in [0.1, 0.15) is 0 Å². The molecule has 4 nitrogen and oxygen atoms in total. The van der Waals surface area contributed by atoms with Crippen LogP contribution in [0.15, 0.2) is 55.0 Å². The quantitative estimate of drug-likeness (QED) is 0.601. The van der Waals surface area contributed by atoms with Crippen LogP contribution < -0.4 is 0 Å². The third kappa shape index (κ3) is 3.67. The van der Waals surface area contributed by atoms with Gasteiger partial charge in [0.15, 0.2) is 0 Å². The van der Waals surface area contributed by atoms with Gasteiger partial charge in [0, 0.05) is 22.9 Å². The molecule has 0 aliphatic carbocycles. The SMILES string of the molecule is N#Cc1ccc(CC(c2cnc[nH]2)N2CCc3ccc(I)cc3C2)cc1. The Morgan fingerprint density at radius 3 is 2.77 bits per heavy atom. The molecule has 2 aromatic carbocycles. The van der Waals surface area contributed by atoms with Gasteiger partial charge in [-0.05, 0) is 76.4 Å². The number of hydrogen-bond donors (Lipinski definition) is 1. The highest BCUT2D eigenvalue weighted by molar-refractivity contribution is 14.1. The van der Waals surface area contributed by atoms with Crippen molar-refractivity contribution >= 4 is 22.6 Å². The second kappa shape index (κ2) is 7.60. The number of nitrogens with zero attached hydrogens (tertiary/aromatic N) is 3. The lowest BCUT2D eigenvalue weighted by atomic mass is 9.95. The molecule has 0 saturated heterocycles. The number of benzene rings is 2. The number of fused-ring (bicyclic) bond motifs is 1. The van der Waals surface area contributed by atoms with E-state index in [4.69, 9.17) is 5.26 Å². The Hall–Kier alpha value is -2.17. The van der Waals surface area contributed by atoms with E-state index in [9.17, 15) is 0 Å². The summed E-state index contributed by atoms with van der Waals surface area (Å²) in [4.78, 5) is 10.1. The third-order valence-electron chi connectivity index (χ3n) is 5.04. The highest BCUT2D eigenvalue weighted by Crippen LogP contribution is 2.30. The molecule has 3 aromatic rings. The molecule has 1 aliphatic rings. The molecule has 1 aliphatic heterocycles. The molecule has 0 amide bonds. The molecule has 0 radical (unpaired) electrons. The summed E-state index contributed by atoms with van der Waals surface area (Å²) in [5.41, 5.74) is 5.96. The number of H-pyrrole nitrogens is 1. The summed E-state index contributed by atoms with van der Waals surface area (Å²) >= 11 is 2.39. The standard InChI is InChI=1S/C21H19IN4/c22-19-6-5-17-7-8-26(13-18(17)10-19)21(20-12-24-14-25-20)9-15-1-3-16(11-23)4-2-15/h1-6,10,12,14,21H,7-9,13H2,(H,24,25). The van der Waals surface area contributed by atoms with Crippen LogP contribution >= 0.6 is 22.6 Å². The number of aromatic nitrogens is 2. The van der Waals surface area contributed by atoms with E-state index in [0.717, 1.165) is 31.6 Å². The Kier molecular flexibility index (Phi) is 5.05. The van der Waals surface area contributed by atoms with Gasteiger partial charge in [-0.3, -0.25) is 4.90 Å². The average molecular weight is 454 g/mol.